The zero-order chi connectivity index (χ0) is 22.5. The highest BCUT2D eigenvalue weighted by Gasteiger charge is 2.71. The van der Waals surface area contributed by atoms with Crippen LogP contribution in [0.2, 0.25) is 0 Å². The Bertz CT molecular complexity index is 1010. The molecule has 0 radical (unpaired) electrons. The first-order valence-corrected chi connectivity index (χ1v) is 11.5. The van der Waals surface area contributed by atoms with Crippen molar-refractivity contribution in [3.05, 3.63) is 48.6 Å². The van der Waals surface area contributed by atoms with Gasteiger partial charge in [0.05, 0.1) is 30.3 Å². The van der Waals surface area contributed by atoms with Crippen LogP contribution in [0.5, 0.6) is 5.75 Å². The zero-order valence-corrected chi connectivity index (χ0v) is 18.4. The molecule has 1 unspecified atom stereocenters. The molecule has 8 nitrogen and oxygen atoms in total. The summed E-state index contributed by atoms with van der Waals surface area (Å²) in [6, 6.07) is 6.35. The molecule has 2 amide bonds. The quantitative estimate of drug-likeness (QED) is 0.533. The molecule has 4 aliphatic rings. The van der Waals surface area contributed by atoms with Gasteiger partial charge in [-0.15, -0.1) is 11.8 Å². The maximum absolute atomic E-state index is 13.9. The Kier molecular flexibility index (Phi) is 5.25. The van der Waals surface area contributed by atoms with Crippen molar-refractivity contribution in [1.29, 1.82) is 0 Å². The van der Waals surface area contributed by atoms with Gasteiger partial charge in [0.1, 0.15) is 18.4 Å². The number of rotatable bonds is 4. The number of methoxy groups -OCH3 is 1. The molecule has 0 aliphatic carbocycles. The topological polar surface area (TPSA) is 96.4 Å². The number of aliphatic hydroxyl groups excluding tert-OH is 1. The number of carbonyl (C=O) groups is 3. The highest BCUT2D eigenvalue weighted by molar-refractivity contribution is 8.02. The van der Waals surface area contributed by atoms with Crippen LogP contribution in [0.4, 0.5) is 5.69 Å². The highest BCUT2D eigenvalue weighted by Crippen LogP contribution is 2.60. The predicted octanol–water partition coefficient (Wildman–Crippen LogP) is 1.00. The van der Waals surface area contributed by atoms with E-state index >= 15 is 0 Å². The molecule has 2 fully saturated rings. The maximum Gasteiger partial charge on any atom is 0.311 e. The fourth-order valence-electron chi connectivity index (χ4n) is 5.31. The van der Waals surface area contributed by atoms with E-state index < -0.39 is 28.6 Å². The van der Waals surface area contributed by atoms with Crippen LogP contribution in [0.25, 0.3) is 0 Å². The van der Waals surface area contributed by atoms with E-state index in [1.807, 2.05) is 18.2 Å². The van der Waals surface area contributed by atoms with Crippen molar-refractivity contribution in [2.75, 3.05) is 38.3 Å². The summed E-state index contributed by atoms with van der Waals surface area (Å²) in [6.45, 7) is 0.284. The fourth-order valence-corrected chi connectivity index (χ4v) is 7.31. The molecule has 5 atom stereocenters. The van der Waals surface area contributed by atoms with Crippen molar-refractivity contribution >= 4 is 35.2 Å². The van der Waals surface area contributed by atoms with Gasteiger partial charge in [-0.2, -0.15) is 0 Å². The molecule has 4 heterocycles. The van der Waals surface area contributed by atoms with Gasteiger partial charge >= 0.3 is 5.97 Å². The molecule has 1 aromatic carbocycles. The first kappa shape index (κ1) is 21.1. The van der Waals surface area contributed by atoms with Gasteiger partial charge in [0.25, 0.3) is 5.91 Å². The number of benzene rings is 1. The van der Waals surface area contributed by atoms with E-state index in [9.17, 15) is 19.5 Å². The van der Waals surface area contributed by atoms with Crippen LogP contribution >= 0.6 is 11.8 Å². The number of thioether (sulfide) groups is 1. The summed E-state index contributed by atoms with van der Waals surface area (Å²) in [5.74, 6) is -1.64. The van der Waals surface area contributed by atoms with Crippen molar-refractivity contribution in [1.82, 2.24) is 4.90 Å². The Morgan fingerprint density at radius 3 is 2.69 bits per heavy atom. The summed E-state index contributed by atoms with van der Waals surface area (Å²) >= 11 is 1.48. The van der Waals surface area contributed by atoms with Gasteiger partial charge in [0.15, 0.2) is 0 Å². The summed E-state index contributed by atoms with van der Waals surface area (Å²) in [6.07, 6.45) is 7.54. The van der Waals surface area contributed by atoms with Crippen molar-refractivity contribution in [2.45, 2.75) is 16.0 Å². The number of esters is 1. The average molecular weight is 457 g/mol. The SMILES string of the molecule is COc1ccc(N2CC=C[C@]34S[C@@H]5C=CCOC(=O)[C@@H]5[C@H]3C(=O)N(CCO)C4C2=O)cc1. The normalized spacial score (nSPS) is 33.4. The van der Waals surface area contributed by atoms with Crippen LogP contribution < -0.4 is 9.64 Å². The maximum atomic E-state index is 13.9. The second-order valence-corrected chi connectivity index (χ2v) is 9.69. The second-order valence-electron chi connectivity index (χ2n) is 8.20. The van der Waals surface area contributed by atoms with Crippen LogP contribution in [0.15, 0.2) is 48.6 Å². The molecule has 1 spiro atoms. The summed E-state index contributed by atoms with van der Waals surface area (Å²) in [5.41, 5.74) is 0.689. The van der Waals surface area contributed by atoms with E-state index in [0.29, 0.717) is 18.0 Å². The molecule has 168 valence electrons. The summed E-state index contributed by atoms with van der Waals surface area (Å²) in [4.78, 5) is 43.4. The molecule has 1 N–H and O–H groups in total. The van der Waals surface area contributed by atoms with Crippen LogP contribution in [-0.4, -0.2) is 77.2 Å². The summed E-state index contributed by atoms with van der Waals surface area (Å²) < 4.78 is 9.64. The first-order chi connectivity index (χ1) is 15.5. The van der Waals surface area contributed by atoms with E-state index in [-0.39, 0.29) is 36.8 Å². The molecular weight excluding hydrogens is 432 g/mol. The molecule has 0 saturated carbocycles. The molecule has 1 aromatic rings. The minimum atomic E-state index is -0.902. The zero-order valence-electron chi connectivity index (χ0n) is 17.5. The fraction of sp³-hybridized carbons (Fsp3) is 0.435. The number of amides is 2. The lowest BCUT2D eigenvalue weighted by Crippen LogP contribution is -2.53. The van der Waals surface area contributed by atoms with Crippen molar-refractivity contribution in [3.63, 3.8) is 0 Å². The molecule has 32 heavy (non-hydrogen) atoms. The van der Waals surface area contributed by atoms with Crippen LogP contribution in [0.1, 0.15) is 0 Å². The Labute approximate surface area is 189 Å². The van der Waals surface area contributed by atoms with E-state index in [2.05, 4.69) is 0 Å². The number of carbonyl (C=O) groups excluding carboxylic acids is 3. The lowest BCUT2D eigenvalue weighted by atomic mass is 9.78. The molecular formula is C23H24N2O6S. The number of anilines is 1. The Balaban J connectivity index is 1.59. The van der Waals surface area contributed by atoms with Gasteiger partial charge in [0.2, 0.25) is 5.91 Å². The third-order valence-electron chi connectivity index (χ3n) is 6.64. The number of hydrogen-bond acceptors (Lipinski definition) is 7. The molecule has 2 saturated heterocycles. The number of fused-ring (bicyclic) bond motifs is 2. The van der Waals surface area contributed by atoms with E-state index in [1.165, 1.54) is 16.7 Å². The summed E-state index contributed by atoms with van der Waals surface area (Å²) in [7, 11) is 1.58. The Morgan fingerprint density at radius 1 is 1.19 bits per heavy atom. The lowest BCUT2D eigenvalue weighted by molar-refractivity contribution is -0.151. The monoisotopic (exact) mass is 456 g/mol. The van der Waals surface area contributed by atoms with Crippen LogP contribution in [0.3, 0.4) is 0 Å². The van der Waals surface area contributed by atoms with Crippen molar-refractivity contribution < 1.29 is 29.0 Å². The van der Waals surface area contributed by atoms with Gasteiger partial charge in [-0.05, 0) is 24.3 Å². The molecule has 0 aromatic heterocycles. The van der Waals surface area contributed by atoms with Gasteiger partial charge in [-0.3, -0.25) is 14.4 Å². The minimum Gasteiger partial charge on any atom is -0.497 e. The second kappa shape index (κ2) is 7.97. The van der Waals surface area contributed by atoms with Gasteiger partial charge in [-0.25, -0.2) is 0 Å². The Hall–Kier alpha value is -2.78. The molecule has 5 rings (SSSR count). The largest absolute Gasteiger partial charge is 0.497 e. The van der Waals surface area contributed by atoms with Gasteiger partial charge in [0, 0.05) is 24.0 Å². The average Bonchev–Trinajstić information content (AvgIpc) is 3.08. The van der Waals surface area contributed by atoms with E-state index in [4.69, 9.17) is 9.47 Å². The van der Waals surface area contributed by atoms with Crippen molar-refractivity contribution in [3.8, 4) is 5.75 Å². The predicted molar refractivity (Wildman–Crippen MR) is 118 cm³/mol. The lowest BCUT2D eigenvalue weighted by Gasteiger charge is -2.35. The third kappa shape index (κ3) is 2.98. The smallest absolute Gasteiger partial charge is 0.311 e. The van der Waals surface area contributed by atoms with E-state index in [0.717, 1.165) is 0 Å². The number of likely N-dealkylation sites (tertiary alicyclic amines) is 1. The molecule has 0 bridgehead atoms. The van der Waals surface area contributed by atoms with Crippen molar-refractivity contribution in [2.24, 2.45) is 11.8 Å². The number of β-amino-alcohol motifs (C(OH)–C–C–N with tert-alkyl or cyclic N) is 1. The van der Waals surface area contributed by atoms with E-state index in [1.54, 1.807) is 42.4 Å². The number of ether oxygens (including phenoxy) is 2. The first-order valence-electron chi connectivity index (χ1n) is 10.6. The molecule has 9 heteroatoms. The van der Waals surface area contributed by atoms with Gasteiger partial charge in [-0.1, -0.05) is 24.3 Å². The van der Waals surface area contributed by atoms with Crippen LogP contribution in [-0.2, 0) is 19.1 Å². The Morgan fingerprint density at radius 2 is 1.97 bits per heavy atom. The number of cyclic esters (lactones) is 1. The summed E-state index contributed by atoms with van der Waals surface area (Å²) in [5, 5.41) is 9.41. The molecule has 4 aliphatic heterocycles. The van der Waals surface area contributed by atoms with Gasteiger partial charge < -0.3 is 24.4 Å². The highest BCUT2D eigenvalue weighted by atomic mass is 32.2. The van der Waals surface area contributed by atoms with Crippen LogP contribution in [0, 0.1) is 11.8 Å². The number of hydrogen-bond donors (Lipinski definition) is 1. The third-order valence-corrected chi connectivity index (χ3v) is 8.38. The standard InChI is InChI=1S/C23H24N2O6S/c1-30-15-7-5-14(6-8-15)24-10-3-9-23-18(17-16(32-23)4-2-13-31-22(17)29)20(27)25(11-12-26)19(23)21(24)28/h2-9,16-19,26H,10-13H2,1H3/t16-,17+,18+,19?,23+/m1/s1. The number of aliphatic hydroxyl groups is 1. The number of nitrogens with zero attached hydrogens (tertiary/aromatic N) is 2. The minimum absolute atomic E-state index is 0.0284.